The lowest BCUT2D eigenvalue weighted by Crippen LogP contribution is -2.38. The number of carbonyl (C=O) groups is 2. The Labute approximate surface area is 215 Å². The normalized spacial score (nSPS) is 18.3. The fourth-order valence-electron chi connectivity index (χ4n) is 4.66. The number of imide groups is 1. The zero-order valence-electron chi connectivity index (χ0n) is 19.8. The number of halogens is 1. The van der Waals surface area contributed by atoms with Gasteiger partial charge >= 0.3 is 0 Å². The van der Waals surface area contributed by atoms with E-state index >= 15 is 0 Å². The Bertz CT molecular complexity index is 1080. The van der Waals surface area contributed by atoms with Crippen molar-refractivity contribution in [3.05, 3.63) is 68.9 Å². The van der Waals surface area contributed by atoms with E-state index in [2.05, 4.69) is 63.9 Å². The number of rotatable bonds is 7. The molecule has 4 rings (SSSR count). The van der Waals surface area contributed by atoms with Crippen LogP contribution in [0.5, 0.6) is 0 Å². The molecule has 0 bridgehead atoms. The summed E-state index contributed by atoms with van der Waals surface area (Å²) in [5.74, 6) is 6.05. The maximum absolute atomic E-state index is 12.5. The molecule has 0 atom stereocenters. The summed E-state index contributed by atoms with van der Waals surface area (Å²) < 4.78 is 0.946. The Kier molecular flexibility index (Phi) is 8.02. The standard InChI is InChI=1S/C26H32IN5O2/c1-30(2)12-3-13-31-14-10-19(11-15-31)18-4-7-21(8-5-18)32(28)17-24-23-16-20(27)6-9-22(23)25(33)29-26(24)34/h4-9,16-17,19H,3,10-15,28H2,1-2H3,(H,29,33,34)/b24-17-. The number of piperidine rings is 1. The van der Waals surface area contributed by atoms with E-state index in [1.54, 1.807) is 12.3 Å². The van der Waals surface area contributed by atoms with E-state index in [1.165, 1.54) is 36.4 Å². The summed E-state index contributed by atoms with van der Waals surface area (Å²) in [5.41, 5.74) is 3.57. The summed E-state index contributed by atoms with van der Waals surface area (Å²) in [6.45, 7) is 4.58. The topological polar surface area (TPSA) is 81.9 Å². The molecule has 2 amide bonds. The molecular weight excluding hydrogens is 541 g/mol. The van der Waals surface area contributed by atoms with Crippen LogP contribution in [0.2, 0.25) is 0 Å². The Morgan fingerprint density at radius 1 is 1.06 bits per heavy atom. The van der Waals surface area contributed by atoms with Crippen molar-refractivity contribution in [3.8, 4) is 0 Å². The average Bonchev–Trinajstić information content (AvgIpc) is 2.82. The minimum Gasteiger partial charge on any atom is -0.309 e. The van der Waals surface area contributed by atoms with Crippen molar-refractivity contribution >= 4 is 45.7 Å². The van der Waals surface area contributed by atoms with Crippen molar-refractivity contribution in [2.75, 3.05) is 45.3 Å². The number of nitrogens with one attached hydrogen (secondary N) is 1. The number of benzene rings is 2. The number of hydrogen-bond donors (Lipinski definition) is 2. The molecule has 2 aliphatic heterocycles. The maximum Gasteiger partial charge on any atom is 0.260 e. The maximum atomic E-state index is 12.5. The van der Waals surface area contributed by atoms with E-state index in [9.17, 15) is 9.59 Å². The van der Waals surface area contributed by atoms with E-state index in [0.29, 0.717) is 22.6 Å². The third-order valence-electron chi connectivity index (χ3n) is 6.59. The largest absolute Gasteiger partial charge is 0.309 e. The SMILES string of the molecule is CN(C)CCCN1CCC(c2ccc(N(N)/C=C3\C(=O)NC(=O)c4ccc(I)cc43)cc2)CC1. The first-order valence-electron chi connectivity index (χ1n) is 11.7. The van der Waals surface area contributed by atoms with Crippen LogP contribution in [0.15, 0.2) is 48.7 Å². The van der Waals surface area contributed by atoms with Gasteiger partial charge in [-0.15, -0.1) is 0 Å². The lowest BCUT2D eigenvalue weighted by Gasteiger charge is -2.32. The van der Waals surface area contributed by atoms with Gasteiger partial charge in [-0.25, -0.2) is 5.84 Å². The molecule has 0 aliphatic carbocycles. The van der Waals surface area contributed by atoms with Crippen molar-refractivity contribution < 1.29 is 9.59 Å². The highest BCUT2D eigenvalue weighted by Gasteiger charge is 2.28. The predicted molar refractivity (Wildman–Crippen MR) is 144 cm³/mol. The Morgan fingerprint density at radius 3 is 2.44 bits per heavy atom. The van der Waals surface area contributed by atoms with Gasteiger partial charge in [0.2, 0.25) is 0 Å². The van der Waals surface area contributed by atoms with Crippen LogP contribution in [-0.4, -0.2) is 61.9 Å². The third-order valence-corrected chi connectivity index (χ3v) is 7.26. The lowest BCUT2D eigenvalue weighted by atomic mass is 9.89. The van der Waals surface area contributed by atoms with Crippen LogP contribution >= 0.6 is 22.6 Å². The molecule has 34 heavy (non-hydrogen) atoms. The third kappa shape index (κ3) is 5.86. The highest BCUT2D eigenvalue weighted by Crippen LogP contribution is 2.30. The zero-order chi connectivity index (χ0) is 24.2. The number of carbonyl (C=O) groups excluding carboxylic acids is 2. The second-order valence-corrected chi connectivity index (χ2v) is 10.5. The quantitative estimate of drug-likeness (QED) is 0.174. The summed E-state index contributed by atoms with van der Waals surface area (Å²) in [5, 5.41) is 3.85. The molecule has 8 heteroatoms. The number of fused-ring (bicyclic) bond motifs is 1. The molecule has 1 saturated heterocycles. The van der Waals surface area contributed by atoms with E-state index < -0.39 is 5.91 Å². The lowest BCUT2D eigenvalue weighted by molar-refractivity contribution is -0.114. The molecule has 3 N–H and O–H groups in total. The monoisotopic (exact) mass is 573 g/mol. The van der Waals surface area contributed by atoms with E-state index in [-0.39, 0.29) is 5.91 Å². The highest BCUT2D eigenvalue weighted by atomic mass is 127. The van der Waals surface area contributed by atoms with Gasteiger partial charge in [-0.2, -0.15) is 0 Å². The number of nitrogens with zero attached hydrogens (tertiary/aromatic N) is 3. The molecule has 2 aromatic carbocycles. The Balaban J connectivity index is 1.41. The molecule has 1 fully saturated rings. The highest BCUT2D eigenvalue weighted by molar-refractivity contribution is 14.1. The van der Waals surface area contributed by atoms with E-state index in [0.717, 1.165) is 28.9 Å². The van der Waals surface area contributed by atoms with Crippen LogP contribution in [-0.2, 0) is 4.79 Å². The molecule has 0 aromatic heterocycles. The molecule has 0 saturated carbocycles. The van der Waals surface area contributed by atoms with Gasteiger partial charge in [-0.05, 0) is 124 Å². The molecular formula is C26H32IN5O2. The van der Waals surface area contributed by atoms with Gasteiger partial charge in [0.25, 0.3) is 11.8 Å². The summed E-state index contributed by atoms with van der Waals surface area (Å²) >= 11 is 2.17. The molecule has 0 radical (unpaired) electrons. The van der Waals surface area contributed by atoms with Crippen LogP contribution in [0.25, 0.3) is 5.57 Å². The minimum atomic E-state index is -0.441. The number of hydrogen-bond acceptors (Lipinski definition) is 6. The Hall–Kier alpha value is -2.27. The van der Waals surface area contributed by atoms with Gasteiger partial charge in [0.05, 0.1) is 11.3 Å². The fourth-order valence-corrected chi connectivity index (χ4v) is 5.15. The van der Waals surface area contributed by atoms with Gasteiger partial charge in [-0.1, -0.05) is 12.1 Å². The first-order chi connectivity index (χ1) is 16.3. The van der Waals surface area contributed by atoms with Crippen LogP contribution in [0.4, 0.5) is 5.69 Å². The average molecular weight is 573 g/mol. The molecule has 2 aliphatic rings. The van der Waals surface area contributed by atoms with Crippen LogP contribution < -0.4 is 16.2 Å². The summed E-state index contributed by atoms with van der Waals surface area (Å²) in [7, 11) is 4.25. The van der Waals surface area contributed by atoms with E-state index in [4.69, 9.17) is 5.84 Å². The van der Waals surface area contributed by atoms with Crippen molar-refractivity contribution in [2.24, 2.45) is 5.84 Å². The van der Waals surface area contributed by atoms with Crippen molar-refractivity contribution in [1.29, 1.82) is 0 Å². The molecule has 2 heterocycles. The van der Waals surface area contributed by atoms with Crippen molar-refractivity contribution in [3.63, 3.8) is 0 Å². The van der Waals surface area contributed by atoms with Gasteiger partial charge in [0, 0.05) is 20.9 Å². The number of hydrazine groups is 1. The van der Waals surface area contributed by atoms with Gasteiger partial charge in [0.15, 0.2) is 0 Å². The van der Waals surface area contributed by atoms with Crippen LogP contribution in [0.3, 0.4) is 0 Å². The van der Waals surface area contributed by atoms with Crippen LogP contribution in [0.1, 0.15) is 46.7 Å². The molecule has 180 valence electrons. The smallest absolute Gasteiger partial charge is 0.260 e. The van der Waals surface area contributed by atoms with E-state index in [1.807, 2.05) is 24.3 Å². The Morgan fingerprint density at radius 2 is 1.76 bits per heavy atom. The van der Waals surface area contributed by atoms with Gasteiger partial charge in [0.1, 0.15) is 0 Å². The first-order valence-corrected chi connectivity index (χ1v) is 12.8. The number of anilines is 1. The molecule has 0 spiro atoms. The molecule has 2 aromatic rings. The predicted octanol–water partition coefficient (Wildman–Crippen LogP) is 3.41. The fraction of sp³-hybridized carbons (Fsp3) is 0.385. The van der Waals surface area contributed by atoms with Crippen LogP contribution in [0, 0.1) is 3.57 Å². The second kappa shape index (κ2) is 11.0. The van der Waals surface area contributed by atoms with Crippen molar-refractivity contribution in [1.82, 2.24) is 15.1 Å². The minimum absolute atomic E-state index is 0.376. The molecule has 0 unspecified atom stereocenters. The second-order valence-electron chi connectivity index (χ2n) is 9.29. The summed E-state index contributed by atoms with van der Waals surface area (Å²) in [6, 6.07) is 13.7. The molecule has 7 nitrogen and oxygen atoms in total. The summed E-state index contributed by atoms with van der Waals surface area (Å²) in [6.07, 6.45) is 5.14. The van der Waals surface area contributed by atoms with Gasteiger partial charge in [-0.3, -0.25) is 19.9 Å². The van der Waals surface area contributed by atoms with Crippen molar-refractivity contribution in [2.45, 2.75) is 25.2 Å². The number of likely N-dealkylation sites (tertiary alicyclic amines) is 1. The number of amides is 2. The summed E-state index contributed by atoms with van der Waals surface area (Å²) in [4.78, 5) is 29.5. The zero-order valence-corrected chi connectivity index (χ0v) is 21.9. The van der Waals surface area contributed by atoms with Gasteiger partial charge < -0.3 is 9.80 Å². The first kappa shape index (κ1) is 24.8. The number of nitrogens with two attached hydrogens (primary N) is 1.